The number of hydrogen-bond acceptors (Lipinski definition) is 5. The van der Waals surface area contributed by atoms with Crippen molar-refractivity contribution in [1.82, 2.24) is 9.78 Å². The van der Waals surface area contributed by atoms with Crippen LogP contribution < -0.4 is 11.1 Å². The highest BCUT2D eigenvalue weighted by molar-refractivity contribution is 5.97. The first kappa shape index (κ1) is 23.4. The molecule has 0 spiro atoms. The highest BCUT2D eigenvalue weighted by Crippen LogP contribution is 2.34. The van der Waals surface area contributed by atoms with Gasteiger partial charge >= 0.3 is 12.1 Å². The van der Waals surface area contributed by atoms with Crippen LogP contribution in [0, 0.1) is 0 Å². The Hall–Kier alpha value is -2.59. The molecule has 2 rings (SSSR count). The molecule has 1 amide bonds. The Morgan fingerprint density at radius 1 is 1.21 bits per heavy atom. The van der Waals surface area contributed by atoms with Gasteiger partial charge in [0.2, 0.25) is 5.91 Å². The maximum Gasteiger partial charge on any atom is 0.434 e. The van der Waals surface area contributed by atoms with Crippen LogP contribution in [0.2, 0.25) is 0 Å². The molecular formula is C17H20ClF3N4O3. The van der Waals surface area contributed by atoms with Crippen LogP contribution in [0.15, 0.2) is 30.5 Å². The Balaban J connectivity index is 0.00000392. The number of nitrogens with one attached hydrogen (secondary N) is 1. The molecule has 0 saturated heterocycles. The summed E-state index contributed by atoms with van der Waals surface area (Å²) >= 11 is 0. The smallest absolute Gasteiger partial charge is 0.434 e. The standard InChI is InChI=1S/C17H19F3N4O3.ClH/c1-4-27-14(25)12-9-22-24(13(12)17(18,19)20)11-7-5-10(6-8-11)23-15(26)16(2,3)21;/h5-9H,4,21H2,1-3H3,(H,23,26);1H. The van der Waals surface area contributed by atoms with E-state index in [4.69, 9.17) is 5.73 Å². The number of carbonyl (C=O) groups is 2. The van der Waals surface area contributed by atoms with Crippen LogP contribution in [0.4, 0.5) is 18.9 Å². The number of esters is 1. The molecule has 3 N–H and O–H groups in total. The summed E-state index contributed by atoms with van der Waals surface area (Å²) in [7, 11) is 0. The maximum absolute atomic E-state index is 13.5. The normalized spacial score (nSPS) is 11.5. The van der Waals surface area contributed by atoms with E-state index < -0.39 is 34.8 Å². The molecule has 0 saturated carbocycles. The minimum Gasteiger partial charge on any atom is -0.462 e. The van der Waals surface area contributed by atoms with E-state index in [1.807, 2.05) is 0 Å². The summed E-state index contributed by atoms with van der Waals surface area (Å²) in [6, 6.07) is 5.47. The minimum atomic E-state index is -4.82. The van der Waals surface area contributed by atoms with Crippen molar-refractivity contribution in [3.05, 3.63) is 41.7 Å². The van der Waals surface area contributed by atoms with Gasteiger partial charge in [-0.2, -0.15) is 18.3 Å². The van der Waals surface area contributed by atoms with Crippen LogP contribution in [-0.2, 0) is 15.7 Å². The number of aromatic nitrogens is 2. The van der Waals surface area contributed by atoms with E-state index in [0.717, 1.165) is 6.20 Å². The van der Waals surface area contributed by atoms with E-state index in [2.05, 4.69) is 15.2 Å². The summed E-state index contributed by atoms with van der Waals surface area (Å²) in [5.74, 6) is -1.56. The summed E-state index contributed by atoms with van der Waals surface area (Å²) in [6.07, 6.45) is -4.01. The summed E-state index contributed by atoms with van der Waals surface area (Å²) in [6.45, 7) is 4.47. The van der Waals surface area contributed by atoms with Crippen molar-refractivity contribution >= 4 is 30.0 Å². The van der Waals surface area contributed by atoms with Crippen LogP contribution in [0.1, 0.15) is 36.8 Å². The Labute approximate surface area is 165 Å². The molecule has 1 heterocycles. The fraction of sp³-hybridized carbons (Fsp3) is 0.353. The quantitative estimate of drug-likeness (QED) is 0.724. The molecule has 28 heavy (non-hydrogen) atoms. The van der Waals surface area contributed by atoms with Gasteiger partial charge in [-0.25, -0.2) is 9.48 Å². The zero-order valence-electron chi connectivity index (χ0n) is 15.3. The van der Waals surface area contributed by atoms with Crippen LogP contribution in [-0.4, -0.2) is 33.8 Å². The SMILES string of the molecule is CCOC(=O)c1cnn(-c2ccc(NC(=O)C(C)(C)N)cc2)c1C(F)(F)F.Cl. The van der Waals surface area contributed by atoms with Crippen molar-refractivity contribution < 1.29 is 27.5 Å². The molecule has 154 valence electrons. The summed E-state index contributed by atoms with van der Waals surface area (Å²) in [4.78, 5) is 23.7. The Bertz CT molecular complexity index is 843. The highest BCUT2D eigenvalue weighted by Gasteiger charge is 2.41. The van der Waals surface area contributed by atoms with E-state index in [9.17, 15) is 22.8 Å². The van der Waals surface area contributed by atoms with Crippen LogP contribution in [0.5, 0.6) is 0 Å². The summed E-state index contributed by atoms with van der Waals surface area (Å²) in [5, 5.41) is 6.23. The van der Waals surface area contributed by atoms with Gasteiger partial charge in [-0.05, 0) is 45.0 Å². The molecule has 0 fully saturated rings. The number of rotatable bonds is 5. The first-order valence-corrected chi connectivity index (χ1v) is 7.98. The van der Waals surface area contributed by atoms with Crippen LogP contribution >= 0.6 is 12.4 Å². The van der Waals surface area contributed by atoms with Crippen molar-refractivity contribution in [1.29, 1.82) is 0 Å². The number of benzene rings is 1. The number of nitrogens with two attached hydrogens (primary N) is 1. The van der Waals surface area contributed by atoms with Gasteiger partial charge in [0, 0.05) is 5.69 Å². The van der Waals surface area contributed by atoms with Crippen molar-refractivity contribution in [2.24, 2.45) is 5.73 Å². The molecule has 0 aliphatic heterocycles. The number of anilines is 1. The second-order valence-corrected chi connectivity index (χ2v) is 6.26. The minimum absolute atomic E-state index is 0. The van der Waals surface area contributed by atoms with Gasteiger partial charge in [0.1, 0.15) is 5.56 Å². The average Bonchev–Trinajstić information content (AvgIpc) is 3.00. The molecular weight excluding hydrogens is 401 g/mol. The van der Waals surface area contributed by atoms with Crippen molar-refractivity contribution in [3.8, 4) is 5.69 Å². The molecule has 11 heteroatoms. The first-order valence-electron chi connectivity index (χ1n) is 7.98. The third kappa shape index (κ3) is 5.23. The molecule has 0 atom stereocenters. The largest absolute Gasteiger partial charge is 0.462 e. The van der Waals surface area contributed by atoms with Gasteiger partial charge in [-0.15, -0.1) is 12.4 Å². The molecule has 0 bridgehead atoms. The zero-order chi connectivity index (χ0) is 20.4. The van der Waals surface area contributed by atoms with Crippen LogP contribution in [0.25, 0.3) is 5.69 Å². The van der Waals surface area contributed by atoms with Gasteiger partial charge in [-0.3, -0.25) is 4.79 Å². The number of carbonyl (C=O) groups excluding carboxylic acids is 2. The highest BCUT2D eigenvalue weighted by atomic mass is 35.5. The van der Waals surface area contributed by atoms with Gasteiger partial charge in [0.25, 0.3) is 0 Å². The van der Waals surface area contributed by atoms with E-state index in [-0.39, 0.29) is 24.7 Å². The van der Waals surface area contributed by atoms with Crippen LogP contribution in [0.3, 0.4) is 0 Å². The number of halogens is 4. The fourth-order valence-electron chi connectivity index (χ4n) is 2.15. The topological polar surface area (TPSA) is 99.2 Å². The molecule has 7 nitrogen and oxygen atoms in total. The molecule has 0 unspecified atom stereocenters. The van der Waals surface area contributed by atoms with Crippen molar-refractivity contribution in [3.63, 3.8) is 0 Å². The maximum atomic E-state index is 13.5. The summed E-state index contributed by atoms with van der Waals surface area (Å²) in [5.41, 5.74) is 3.07. The van der Waals surface area contributed by atoms with Crippen molar-refractivity contribution in [2.75, 3.05) is 11.9 Å². The van der Waals surface area contributed by atoms with Gasteiger partial charge in [0.15, 0.2) is 5.69 Å². The molecule has 2 aromatic rings. The number of hydrogen-bond donors (Lipinski definition) is 2. The predicted molar refractivity (Wildman–Crippen MR) is 98.7 cm³/mol. The second kappa shape index (κ2) is 8.61. The van der Waals surface area contributed by atoms with E-state index in [0.29, 0.717) is 10.4 Å². The van der Waals surface area contributed by atoms with E-state index in [1.165, 1.54) is 45.0 Å². The average molecular weight is 421 g/mol. The third-order valence-corrected chi connectivity index (χ3v) is 3.49. The first-order chi connectivity index (χ1) is 12.4. The number of nitrogens with zero attached hydrogens (tertiary/aromatic N) is 2. The van der Waals surface area contributed by atoms with Gasteiger partial charge < -0.3 is 15.8 Å². The number of ether oxygens (including phenoxy) is 1. The lowest BCUT2D eigenvalue weighted by atomic mass is 10.1. The molecule has 0 aliphatic carbocycles. The molecule has 0 radical (unpaired) electrons. The van der Waals surface area contributed by atoms with Crippen molar-refractivity contribution in [2.45, 2.75) is 32.5 Å². The Morgan fingerprint density at radius 3 is 2.25 bits per heavy atom. The lowest BCUT2D eigenvalue weighted by molar-refractivity contribution is -0.143. The molecule has 1 aromatic carbocycles. The summed E-state index contributed by atoms with van der Waals surface area (Å²) < 4.78 is 45.7. The number of amides is 1. The lowest BCUT2D eigenvalue weighted by Gasteiger charge is -2.18. The van der Waals surface area contributed by atoms with Gasteiger partial charge in [-0.1, -0.05) is 0 Å². The molecule has 0 aliphatic rings. The van der Waals surface area contributed by atoms with E-state index >= 15 is 0 Å². The van der Waals surface area contributed by atoms with Gasteiger partial charge in [0.05, 0.1) is 24.0 Å². The second-order valence-electron chi connectivity index (χ2n) is 6.26. The predicted octanol–water partition coefficient (Wildman–Crippen LogP) is 3.17. The monoisotopic (exact) mass is 420 g/mol. The fourth-order valence-corrected chi connectivity index (χ4v) is 2.15. The zero-order valence-corrected chi connectivity index (χ0v) is 16.1. The lowest BCUT2D eigenvalue weighted by Crippen LogP contribution is -2.45. The van der Waals surface area contributed by atoms with E-state index in [1.54, 1.807) is 0 Å². The Morgan fingerprint density at radius 2 is 1.79 bits per heavy atom. The Kier molecular flexibility index (Phi) is 7.21. The molecule has 1 aromatic heterocycles. The number of alkyl halides is 3. The third-order valence-electron chi connectivity index (χ3n) is 3.49.